The third kappa shape index (κ3) is 31.7. The smallest absolute Gasteiger partial charge is 0.417 e. The number of nitrogens with one attached hydrogen (secondary N) is 2. The van der Waals surface area contributed by atoms with Crippen molar-refractivity contribution in [3.8, 4) is 18.2 Å². The van der Waals surface area contributed by atoms with Gasteiger partial charge in [-0.3, -0.25) is 71.9 Å². The predicted octanol–water partition coefficient (Wildman–Crippen LogP) is 7.24. The summed E-state index contributed by atoms with van der Waals surface area (Å²) in [4.78, 5) is 244. The molecule has 739 valence electrons. The van der Waals surface area contributed by atoms with E-state index in [9.17, 15) is 101 Å². The number of carboxylic acid groups (broad SMARTS) is 2. The molecule has 134 heavy (non-hydrogen) atoms. The predicted molar refractivity (Wildman–Crippen MR) is 478 cm³/mol. The van der Waals surface area contributed by atoms with E-state index in [-0.39, 0.29) is 106 Å². The minimum atomic E-state index is -1.35. The van der Waals surface area contributed by atoms with Gasteiger partial charge in [-0.1, -0.05) is 39.1 Å². The Balaban J connectivity index is 0.000000435. The summed E-state index contributed by atoms with van der Waals surface area (Å²) in [5.41, 5.74) is 2.92. The second-order valence-electron chi connectivity index (χ2n) is 40.0. The van der Waals surface area contributed by atoms with E-state index in [1.54, 1.807) is 134 Å². The molecule has 9 saturated heterocycles. The Labute approximate surface area is 786 Å². The third-order valence-corrected chi connectivity index (χ3v) is 22.3. The van der Waals surface area contributed by atoms with Crippen LogP contribution >= 0.6 is 0 Å². The zero-order chi connectivity index (χ0) is 98.4. The monoisotopic (exact) mass is 1880 g/mol. The number of nitrogens with two attached hydrogens (primary N) is 1. The zero-order valence-electron chi connectivity index (χ0n) is 78.5. The van der Waals surface area contributed by atoms with Gasteiger partial charge in [-0.15, -0.1) is 0 Å². The molecule has 10 heterocycles. The fourth-order valence-electron chi connectivity index (χ4n) is 16.8. The number of amides is 14. The number of hydrogen-bond donors (Lipinski definition) is 5. The SMILES string of the molecule is C.C.CC(C)(C)OC(=O)C[C@@H]1C[C@@H](C(=O)N2CCC[C@H]2C#N)N(C(=O)OC(C)(C)C)C1=O.CC(C)(C)OC(=O)C[C@@H]1C[C@@H](C(=O)N2CCC[C@H]2C(N)=O)N(C(=O)OC(C)(C)C)C1=O.CC(C)(C)OC(=O)C[C@@H]1C[C@@H](C(=O)O)N(C(=O)OC(C)(C)C)C1=O.N#C[C@@H]1CCCN1C(=O)[C@@H]1C[C@@H](CC(=O)N2Cc3ccccc3C2)C(=O)N1.N#C[C@@H]1CCCN1C(=O)[C@@H]1C[C@@H](CC(=O)O)C(=O)N1.[2HH].[B]. The first-order chi connectivity index (χ1) is 60.6. The number of fused-ring (bicyclic) bond motifs is 1. The van der Waals surface area contributed by atoms with Crippen molar-refractivity contribution >= 4 is 122 Å². The van der Waals surface area contributed by atoms with Gasteiger partial charge in [-0.05, 0) is 219 Å². The highest BCUT2D eigenvalue weighted by Crippen LogP contribution is 2.38. The summed E-state index contributed by atoms with van der Waals surface area (Å²) < 4.78 is 31.5. The van der Waals surface area contributed by atoms with Crippen LogP contribution in [0.4, 0.5) is 14.4 Å². The van der Waals surface area contributed by atoms with E-state index in [2.05, 4.69) is 28.8 Å². The van der Waals surface area contributed by atoms with Crippen molar-refractivity contribution < 1.29 is 131 Å². The van der Waals surface area contributed by atoms with Crippen LogP contribution in [0.5, 0.6) is 0 Å². The number of ether oxygens (including phenoxy) is 6. The van der Waals surface area contributed by atoms with Gasteiger partial charge < -0.3 is 79.5 Å². The molecule has 14 amide bonds. The Kier molecular flexibility index (Phi) is 40.0. The van der Waals surface area contributed by atoms with E-state index in [0.717, 1.165) is 33.8 Å². The number of carbonyl (C=O) groups excluding carboxylic acids is 17. The first-order valence-electron chi connectivity index (χ1n) is 44.1. The number of primary amides is 1. The van der Waals surface area contributed by atoms with Crippen LogP contribution in [0.3, 0.4) is 0 Å². The number of likely N-dealkylation sites (tertiary alicyclic amines) is 7. The van der Waals surface area contributed by atoms with Gasteiger partial charge >= 0.3 is 48.1 Å². The molecular formula is C92H136BN14O27. The number of hydrogen-bond acceptors (Lipinski definition) is 28. The number of nitriles is 3. The summed E-state index contributed by atoms with van der Waals surface area (Å²) in [5.74, 6) is -12.9. The maximum atomic E-state index is 13.2. The molecule has 3 radical (unpaired) electrons. The number of aliphatic carboxylic acids is 2. The van der Waals surface area contributed by atoms with E-state index in [0.29, 0.717) is 89.1 Å². The lowest BCUT2D eigenvalue weighted by molar-refractivity contribution is -0.158. The van der Waals surface area contributed by atoms with Crippen LogP contribution in [0.2, 0.25) is 0 Å². The number of nitrogens with zero attached hydrogens (tertiary/aromatic N) is 11. The number of rotatable bonds is 16. The molecule has 0 spiro atoms. The molecule has 6 N–H and O–H groups in total. The van der Waals surface area contributed by atoms with Crippen molar-refractivity contribution in [3.63, 3.8) is 0 Å². The molecule has 0 saturated carbocycles. The summed E-state index contributed by atoms with van der Waals surface area (Å²) >= 11 is 0. The second-order valence-corrected chi connectivity index (χ2v) is 40.0. The largest absolute Gasteiger partial charge is 0.481 e. The number of imide groups is 3. The maximum absolute atomic E-state index is 13.2. The highest BCUT2D eigenvalue weighted by molar-refractivity contribution is 6.06. The van der Waals surface area contributed by atoms with Crippen LogP contribution in [-0.4, -0.2) is 285 Å². The molecule has 10 aliphatic heterocycles. The standard InChI is InChI=1S/C21H33N3O7.C21H31N3O6.C20H22N4O3.C16H25NO7.C12H15N3O4.2CH4.B.H2/c1-20(2,3)30-15(25)11-12-10-14(18(28)23-9-7-8-13(23)16(22)26)24(17(12)27)19(29)31-21(4,5)6;1-20(2,3)29-16(25)11-13-10-15(18(27)23-9-7-8-14(23)12-22)24(17(13)26)19(28)30-21(4,5)6;21-10-16-6-3-7-24(16)20(27)17-8-15(19(26)22-17)9-18(25)23-11-13-4-1-2-5-14(13)12-23;1-15(2,3)23-11(18)8-9-7-10(13(20)21)17(12(9)19)14(22)24-16(4,5)6;13-6-8-2-1-3-15(8)12(19)9-4-7(5-10(16)17)11(18)14-9;;;;/h12-14H,7-11H2,1-6H3,(H2,22,26);13-15H,7-11H2,1-6H3;1-2,4-5,15-17H,3,6-9,11-12H2,(H,22,26);9-10H,7-8H2,1-6H3,(H,20,21);7-9H,1-5H2,(H,14,18)(H,16,17);2*1H4;;1H/t12-,13-,14-;13-,14-,15-;15-,16-,17-;9-,10-;7-,8-,9-;;;;/m00000..../s1/i;;;;;;;;1+1. The van der Waals surface area contributed by atoms with Gasteiger partial charge in [-0.2, -0.15) is 15.8 Å². The highest BCUT2D eigenvalue weighted by Gasteiger charge is 2.55. The number of carboxylic acids is 2. The Morgan fingerprint density at radius 1 is 0.403 bits per heavy atom. The van der Waals surface area contributed by atoms with Crippen molar-refractivity contribution in [1.82, 2.24) is 49.8 Å². The van der Waals surface area contributed by atoms with E-state index in [4.69, 9.17) is 49.8 Å². The molecule has 11 rings (SSSR count). The molecule has 0 aromatic heterocycles. The van der Waals surface area contributed by atoms with E-state index < -0.39 is 207 Å². The summed E-state index contributed by atoms with van der Waals surface area (Å²) in [6, 6.07) is 7.12. The fourth-order valence-corrected chi connectivity index (χ4v) is 16.8. The van der Waals surface area contributed by atoms with Crippen LogP contribution in [0.1, 0.15) is 268 Å². The molecule has 1 aromatic carbocycles. The Morgan fingerprint density at radius 3 is 1.00 bits per heavy atom. The van der Waals surface area contributed by atoms with Gasteiger partial charge in [0.15, 0.2) is 0 Å². The summed E-state index contributed by atoms with van der Waals surface area (Å²) in [7, 11) is 0. The van der Waals surface area contributed by atoms with Gasteiger partial charge in [0.2, 0.25) is 65.0 Å². The summed E-state index contributed by atoms with van der Waals surface area (Å²) in [6.07, 6.45) is 1.63. The average molecular weight is 1880 g/mol. The van der Waals surface area contributed by atoms with Gasteiger partial charge in [0.05, 0.1) is 67.6 Å². The quantitative estimate of drug-likeness (QED) is 0.0618. The minimum Gasteiger partial charge on any atom is -0.481 e. The molecule has 0 unspecified atom stereocenters. The van der Waals surface area contributed by atoms with Crippen molar-refractivity contribution in [2.45, 2.75) is 356 Å². The van der Waals surface area contributed by atoms with Crippen LogP contribution < -0.4 is 16.4 Å². The van der Waals surface area contributed by atoms with Gasteiger partial charge in [0, 0.05) is 61.4 Å². The first-order valence-corrected chi connectivity index (χ1v) is 44.1. The molecule has 42 heteroatoms. The zero-order valence-corrected chi connectivity index (χ0v) is 78.5. The maximum Gasteiger partial charge on any atom is 0.417 e. The Hall–Kier alpha value is -12.3. The molecule has 0 aliphatic carbocycles. The Morgan fingerprint density at radius 2 is 0.694 bits per heavy atom. The van der Waals surface area contributed by atoms with E-state index >= 15 is 0 Å². The molecular weight excluding hydrogens is 1740 g/mol. The lowest BCUT2D eigenvalue weighted by Gasteiger charge is -2.30. The normalized spacial score (nSPS) is 24.6. The molecule has 1 aromatic rings. The molecule has 9 fully saturated rings. The molecule has 41 nitrogen and oxygen atoms in total. The van der Waals surface area contributed by atoms with Crippen molar-refractivity contribution in [1.29, 1.82) is 15.8 Å². The van der Waals surface area contributed by atoms with Crippen molar-refractivity contribution in [3.05, 3.63) is 35.4 Å². The van der Waals surface area contributed by atoms with Crippen molar-refractivity contribution in [2.24, 2.45) is 35.3 Å². The summed E-state index contributed by atoms with van der Waals surface area (Å²) in [5, 5.41) is 50.6. The van der Waals surface area contributed by atoms with E-state index in [1.165, 1.54) is 14.7 Å². The lowest BCUT2D eigenvalue weighted by atomic mass is 9.99. The Bertz CT molecular complexity index is 4670. The highest BCUT2D eigenvalue weighted by atomic mass is 16.6. The van der Waals surface area contributed by atoms with Crippen molar-refractivity contribution in [2.75, 3.05) is 26.2 Å². The van der Waals surface area contributed by atoms with Crippen LogP contribution in [-0.2, 0) is 118 Å². The average Bonchev–Trinajstić information content (AvgIpc) is 1.64. The number of carbonyl (C=O) groups is 19. The first kappa shape index (κ1) is 114. The summed E-state index contributed by atoms with van der Waals surface area (Å²) in [6.45, 7) is 33.0. The third-order valence-electron chi connectivity index (χ3n) is 22.3. The minimum absolute atomic E-state index is 0. The molecule has 14 atom stereocenters. The second kappa shape index (κ2) is 47.0. The topological polar surface area (TPSA) is 568 Å². The van der Waals surface area contributed by atoms with Crippen LogP contribution in [0, 0.1) is 63.6 Å². The number of esters is 3. The van der Waals surface area contributed by atoms with Crippen LogP contribution in [0.15, 0.2) is 24.3 Å². The van der Waals surface area contributed by atoms with Gasteiger partial charge in [-0.25, -0.2) is 33.9 Å². The van der Waals surface area contributed by atoms with Gasteiger partial charge in [0.25, 0.3) is 0 Å². The molecule has 10 aliphatic rings. The fraction of sp³-hybridized carbons (Fsp3) is 0.696. The van der Waals surface area contributed by atoms with E-state index in [1.807, 2.05) is 24.3 Å². The van der Waals surface area contributed by atoms with Crippen LogP contribution in [0.25, 0.3) is 0 Å². The van der Waals surface area contributed by atoms with Gasteiger partial charge in [0.1, 0.15) is 88.0 Å². The lowest BCUT2D eigenvalue weighted by Crippen LogP contribution is -2.53. The molecule has 0 bridgehead atoms. The number of benzene rings is 1.